The number of nitrogens with zero attached hydrogens (tertiary/aromatic N) is 2. The Morgan fingerprint density at radius 1 is 1.10 bits per heavy atom. The molecule has 29 heavy (non-hydrogen) atoms. The highest BCUT2D eigenvalue weighted by molar-refractivity contribution is 5.91. The number of hydrogen-bond donors (Lipinski definition) is 4. The lowest BCUT2D eigenvalue weighted by atomic mass is 10.0. The third-order valence-electron chi connectivity index (χ3n) is 4.34. The van der Waals surface area contributed by atoms with E-state index in [1.807, 2.05) is 35.2 Å². The summed E-state index contributed by atoms with van der Waals surface area (Å²) in [5, 5.41) is 24.0. The molecule has 0 fully saturated rings. The number of benzene rings is 1. The van der Waals surface area contributed by atoms with Crippen molar-refractivity contribution in [3.8, 4) is 11.4 Å². The lowest BCUT2D eigenvalue weighted by Crippen LogP contribution is -2.36. The van der Waals surface area contributed by atoms with Gasteiger partial charge in [-0.25, -0.2) is 4.79 Å². The second-order valence-corrected chi connectivity index (χ2v) is 6.43. The smallest absolute Gasteiger partial charge is 0.319 e. The van der Waals surface area contributed by atoms with Crippen LogP contribution in [0.1, 0.15) is 18.0 Å². The van der Waals surface area contributed by atoms with Crippen LogP contribution in [0.5, 0.6) is 5.75 Å². The zero-order valence-corrected chi connectivity index (χ0v) is 15.6. The van der Waals surface area contributed by atoms with Gasteiger partial charge in [-0.05, 0) is 35.9 Å². The fraction of sp³-hybridized carbons (Fsp3) is 0.150. The number of hydrogen-bond acceptors (Lipinski definition) is 4. The lowest BCUT2D eigenvalue weighted by molar-refractivity contribution is -0.137. The Labute approximate surface area is 165 Å². The van der Waals surface area contributed by atoms with Gasteiger partial charge in [-0.2, -0.15) is 0 Å². The molecule has 4 N–H and O–H groups in total. The number of rotatable bonds is 6. The third-order valence-corrected chi connectivity index (χ3v) is 4.34. The van der Waals surface area contributed by atoms with Gasteiger partial charge in [0.2, 0.25) is 0 Å². The van der Waals surface area contributed by atoms with E-state index in [-0.39, 0.29) is 17.9 Å². The second kappa shape index (κ2) is 8.34. The molecule has 0 aliphatic heterocycles. The predicted molar refractivity (Wildman–Crippen MR) is 106 cm³/mol. The van der Waals surface area contributed by atoms with Crippen molar-refractivity contribution in [1.82, 2.24) is 14.5 Å². The number of aliphatic carboxylic acids is 1. The highest BCUT2D eigenvalue weighted by Gasteiger charge is 2.20. The molecule has 3 rings (SSSR count). The number of anilines is 1. The topological polar surface area (TPSA) is 126 Å². The van der Waals surface area contributed by atoms with Gasteiger partial charge in [0, 0.05) is 31.3 Å². The summed E-state index contributed by atoms with van der Waals surface area (Å²) in [5.74, 6) is -1.48. The minimum absolute atomic E-state index is 0.289. The minimum Gasteiger partial charge on any atom is -0.505 e. The van der Waals surface area contributed by atoms with Gasteiger partial charge >= 0.3 is 12.0 Å². The maximum Gasteiger partial charge on any atom is 0.319 e. The normalized spacial score (nSPS) is 11.6. The van der Waals surface area contributed by atoms with E-state index >= 15 is 0 Å². The molecular weight excluding hydrogens is 376 g/mol. The monoisotopic (exact) mass is 396 g/mol. The van der Waals surface area contributed by atoms with Crippen LogP contribution in [0.15, 0.2) is 65.8 Å². The summed E-state index contributed by atoms with van der Waals surface area (Å²) in [6, 6.07) is 10.4. The van der Waals surface area contributed by atoms with Crippen LogP contribution in [0.4, 0.5) is 10.5 Å². The molecule has 2 amide bonds. The minimum atomic E-state index is -1.10. The number of aromatic nitrogens is 2. The van der Waals surface area contributed by atoms with Gasteiger partial charge in [-0.3, -0.25) is 9.59 Å². The fourth-order valence-electron chi connectivity index (χ4n) is 2.88. The van der Waals surface area contributed by atoms with E-state index < -0.39 is 23.6 Å². The predicted octanol–water partition coefficient (Wildman–Crippen LogP) is 2.22. The second-order valence-electron chi connectivity index (χ2n) is 6.43. The van der Waals surface area contributed by atoms with Crippen LogP contribution in [0.25, 0.3) is 5.69 Å². The fourth-order valence-corrected chi connectivity index (χ4v) is 2.88. The van der Waals surface area contributed by atoms with Crippen LogP contribution in [0.3, 0.4) is 0 Å². The molecule has 0 aliphatic rings. The summed E-state index contributed by atoms with van der Waals surface area (Å²) in [4.78, 5) is 35.8. The van der Waals surface area contributed by atoms with Crippen molar-refractivity contribution in [3.05, 3.63) is 77.0 Å². The Morgan fingerprint density at radius 3 is 2.52 bits per heavy atom. The van der Waals surface area contributed by atoms with Gasteiger partial charge in [0.05, 0.1) is 12.5 Å². The van der Waals surface area contributed by atoms with Crippen LogP contribution in [-0.2, 0) is 11.8 Å². The van der Waals surface area contributed by atoms with E-state index in [2.05, 4.69) is 10.6 Å². The Kier molecular flexibility index (Phi) is 5.68. The van der Waals surface area contributed by atoms with Crippen molar-refractivity contribution in [3.63, 3.8) is 0 Å². The number of pyridine rings is 1. The van der Waals surface area contributed by atoms with E-state index in [1.54, 1.807) is 18.2 Å². The maximum atomic E-state index is 12.4. The number of carboxylic acid groups (broad SMARTS) is 1. The average molecular weight is 396 g/mol. The van der Waals surface area contributed by atoms with Crippen LogP contribution in [0.2, 0.25) is 0 Å². The van der Waals surface area contributed by atoms with Gasteiger partial charge in [-0.15, -0.1) is 0 Å². The summed E-state index contributed by atoms with van der Waals surface area (Å²) in [7, 11) is 1.48. The van der Waals surface area contributed by atoms with Crippen molar-refractivity contribution in [2.24, 2.45) is 7.05 Å². The molecule has 3 aromatic rings. The maximum absolute atomic E-state index is 12.4. The molecule has 150 valence electrons. The van der Waals surface area contributed by atoms with Crippen LogP contribution < -0.4 is 16.2 Å². The van der Waals surface area contributed by atoms with Gasteiger partial charge in [0.25, 0.3) is 5.56 Å². The first kappa shape index (κ1) is 19.7. The summed E-state index contributed by atoms with van der Waals surface area (Å²) in [6.07, 6.45) is 4.70. The number of carbonyl (C=O) groups excluding carboxylic acids is 1. The zero-order valence-electron chi connectivity index (χ0n) is 15.6. The van der Waals surface area contributed by atoms with Gasteiger partial charge in [0.1, 0.15) is 5.75 Å². The number of urea groups is 1. The standard InChI is InChI=1S/C20H20N4O5/c1-23-10-7-16(25)18(19(23)28)22-20(29)21-15(12-17(26)27)13-5-4-6-14(11-13)24-8-2-3-9-24/h2-11,15,25H,12H2,1H3,(H,26,27)(H2,21,22,29)/t15-/m0/s1. The van der Waals surface area contributed by atoms with E-state index in [0.29, 0.717) is 5.56 Å². The molecule has 9 heteroatoms. The highest BCUT2D eigenvalue weighted by Crippen LogP contribution is 2.22. The van der Waals surface area contributed by atoms with E-state index in [4.69, 9.17) is 0 Å². The molecule has 2 aromatic heterocycles. The van der Waals surface area contributed by atoms with Crippen LogP contribution >= 0.6 is 0 Å². The van der Waals surface area contributed by atoms with Gasteiger partial charge in [-0.1, -0.05) is 12.1 Å². The lowest BCUT2D eigenvalue weighted by Gasteiger charge is -2.19. The number of nitrogens with one attached hydrogen (secondary N) is 2. The quantitative estimate of drug-likeness (QED) is 0.508. The molecule has 1 atom stereocenters. The average Bonchev–Trinajstić information content (AvgIpc) is 3.22. The Bertz CT molecular complexity index is 1090. The van der Waals surface area contributed by atoms with Gasteiger partial charge in [0.15, 0.2) is 5.69 Å². The highest BCUT2D eigenvalue weighted by atomic mass is 16.4. The Balaban J connectivity index is 1.84. The first-order chi connectivity index (χ1) is 13.8. The van der Waals surface area contributed by atoms with Crippen molar-refractivity contribution in [2.45, 2.75) is 12.5 Å². The van der Waals surface area contributed by atoms with E-state index in [1.165, 1.54) is 23.9 Å². The SMILES string of the molecule is Cn1ccc(O)c(NC(=O)N[C@@H](CC(=O)O)c2cccc(-n3cccc3)c2)c1=O. The summed E-state index contributed by atoms with van der Waals surface area (Å²) in [6.45, 7) is 0. The zero-order chi connectivity index (χ0) is 21.0. The van der Waals surface area contributed by atoms with Crippen molar-refractivity contribution in [2.75, 3.05) is 5.32 Å². The number of carboxylic acids is 1. The number of amides is 2. The molecule has 0 unspecified atom stereocenters. The first-order valence-electron chi connectivity index (χ1n) is 8.76. The van der Waals surface area contributed by atoms with Gasteiger partial charge < -0.3 is 30.0 Å². The van der Waals surface area contributed by atoms with Crippen molar-refractivity contribution in [1.29, 1.82) is 0 Å². The molecule has 1 aromatic carbocycles. The molecular formula is C20H20N4O5. The molecule has 2 heterocycles. The number of aryl methyl sites for hydroxylation is 1. The molecule has 0 aliphatic carbocycles. The summed E-state index contributed by atoms with van der Waals surface area (Å²) in [5.41, 5.74) is 0.505. The Morgan fingerprint density at radius 2 is 1.83 bits per heavy atom. The molecule has 0 spiro atoms. The summed E-state index contributed by atoms with van der Waals surface area (Å²) >= 11 is 0. The molecule has 9 nitrogen and oxygen atoms in total. The van der Waals surface area contributed by atoms with Crippen LogP contribution in [0, 0.1) is 0 Å². The van der Waals surface area contributed by atoms with Crippen molar-refractivity contribution >= 4 is 17.7 Å². The molecule has 0 saturated heterocycles. The molecule has 0 saturated carbocycles. The summed E-state index contributed by atoms with van der Waals surface area (Å²) < 4.78 is 3.05. The third kappa shape index (κ3) is 4.64. The number of aromatic hydroxyl groups is 1. The Hall–Kier alpha value is -4.01. The largest absolute Gasteiger partial charge is 0.505 e. The van der Waals surface area contributed by atoms with Crippen molar-refractivity contribution < 1.29 is 19.8 Å². The first-order valence-corrected chi connectivity index (χ1v) is 8.76. The molecule has 0 bridgehead atoms. The molecule has 0 radical (unpaired) electrons. The van der Waals surface area contributed by atoms with E-state index in [9.17, 15) is 24.6 Å². The van der Waals surface area contributed by atoms with E-state index in [0.717, 1.165) is 5.69 Å². The number of carbonyl (C=O) groups is 2. The van der Waals surface area contributed by atoms with Crippen LogP contribution in [-0.4, -0.2) is 31.3 Å².